The molecule has 0 aliphatic heterocycles. The summed E-state index contributed by atoms with van der Waals surface area (Å²) >= 11 is 17.8. The molecular formula is C10H8Cl3N3. The molecule has 16 heavy (non-hydrogen) atoms. The first-order chi connectivity index (χ1) is 7.61. The Bertz CT molecular complexity index is 502. The molecule has 0 aliphatic carbocycles. The Morgan fingerprint density at radius 1 is 1.06 bits per heavy atom. The maximum Gasteiger partial charge on any atom is 0.229 e. The number of halogens is 3. The van der Waals surface area contributed by atoms with Crippen LogP contribution in [-0.2, 0) is 6.42 Å². The smallest absolute Gasteiger partial charge is 0.229 e. The zero-order chi connectivity index (χ0) is 11.7. The highest BCUT2D eigenvalue weighted by Gasteiger charge is 2.11. The van der Waals surface area contributed by atoms with Crippen LogP contribution in [0.5, 0.6) is 0 Å². The van der Waals surface area contributed by atoms with Crippen molar-refractivity contribution in [1.82, 2.24) is 14.8 Å². The summed E-state index contributed by atoms with van der Waals surface area (Å²) in [6.45, 7) is 1.98. The van der Waals surface area contributed by atoms with Gasteiger partial charge in [-0.3, -0.25) is 4.57 Å². The number of hydrogen-bond acceptors (Lipinski definition) is 2. The van der Waals surface area contributed by atoms with Gasteiger partial charge in [-0.05, 0) is 29.8 Å². The van der Waals surface area contributed by atoms with Gasteiger partial charge in [-0.25, -0.2) is 0 Å². The zero-order valence-corrected chi connectivity index (χ0v) is 10.7. The molecule has 0 fully saturated rings. The summed E-state index contributed by atoms with van der Waals surface area (Å²) in [5.74, 6) is 0.767. The molecule has 0 N–H and O–H groups in total. The summed E-state index contributed by atoms with van der Waals surface area (Å²) in [5.41, 5.74) is 0.768. The Morgan fingerprint density at radius 2 is 1.69 bits per heavy atom. The maximum absolute atomic E-state index is 5.97. The second-order valence-corrected chi connectivity index (χ2v) is 4.41. The van der Waals surface area contributed by atoms with Gasteiger partial charge in [0.15, 0.2) is 0 Å². The molecule has 0 amide bonds. The van der Waals surface area contributed by atoms with Crippen LogP contribution in [0.3, 0.4) is 0 Å². The quantitative estimate of drug-likeness (QED) is 0.835. The third-order valence-electron chi connectivity index (χ3n) is 2.11. The lowest BCUT2D eigenvalue weighted by molar-refractivity contribution is 0.883. The summed E-state index contributed by atoms with van der Waals surface area (Å²) < 4.78 is 1.72. The Labute approximate surface area is 108 Å². The summed E-state index contributed by atoms with van der Waals surface area (Å²) in [4.78, 5) is 0. The van der Waals surface area contributed by atoms with Crippen molar-refractivity contribution in [2.24, 2.45) is 0 Å². The van der Waals surface area contributed by atoms with Gasteiger partial charge in [0, 0.05) is 16.5 Å². The molecule has 0 bridgehead atoms. The first-order valence-electron chi connectivity index (χ1n) is 4.68. The van der Waals surface area contributed by atoms with Gasteiger partial charge >= 0.3 is 0 Å². The molecule has 2 rings (SSSR count). The fourth-order valence-electron chi connectivity index (χ4n) is 1.45. The van der Waals surface area contributed by atoms with Crippen LogP contribution in [0.25, 0.3) is 5.69 Å². The molecule has 0 unspecified atom stereocenters. The van der Waals surface area contributed by atoms with Crippen molar-refractivity contribution in [3.8, 4) is 5.69 Å². The van der Waals surface area contributed by atoms with Gasteiger partial charge < -0.3 is 0 Å². The topological polar surface area (TPSA) is 30.7 Å². The molecule has 1 aromatic heterocycles. The Balaban J connectivity index is 2.61. The Morgan fingerprint density at radius 3 is 2.25 bits per heavy atom. The van der Waals surface area contributed by atoms with Gasteiger partial charge in [0.2, 0.25) is 5.28 Å². The van der Waals surface area contributed by atoms with Crippen LogP contribution in [0.1, 0.15) is 12.7 Å². The van der Waals surface area contributed by atoms with Crippen molar-refractivity contribution in [3.63, 3.8) is 0 Å². The second kappa shape index (κ2) is 4.62. The van der Waals surface area contributed by atoms with Crippen molar-refractivity contribution in [1.29, 1.82) is 0 Å². The van der Waals surface area contributed by atoms with Gasteiger partial charge in [0.25, 0.3) is 0 Å². The number of aromatic nitrogens is 3. The van der Waals surface area contributed by atoms with Gasteiger partial charge in [-0.15, -0.1) is 10.2 Å². The molecule has 0 radical (unpaired) electrons. The molecular weight excluding hydrogens is 268 g/mol. The van der Waals surface area contributed by atoms with Crippen molar-refractivity contribution in [2.75, 3.05) is 0 Å². The minimum atomic E-state index is 0.301. The van der Waals surface area contributed by atoms with E-state index >= 15 is 0 Å². The molecule has 6 heteroatoms. The van der Waals surface area contributed by atoms with E-state index in [1.165, 1.54) is 0 Å². The molecule has 0 spiro atoms. The third kappa shape index (κ3) is 2.17. The number of rotatable bonds is 2. The average Bonchev–Trinajstić information content (AvgIpc) is 2.58. The minimum Gasteiger partial charge on any atom is -0.270 e. The first-order valence-corrected chi connectivity index (χ1v) is 5.81. The van der Waals surface area contributed by atoms with Crippen molar-refractivity contribution >= 4 is 34.8 Å². The molecule has 1 aromatic carbocycles. The van der Waals surface area contributed by atoms with E-state index in [9.17, 15) is 0 Å². The van der Waals surface area contributed by atoms with Gasteiger partial charge in [-0.1, -0.05) is 30.1 Å². The van der Waals surface area contributed by atoms with Gasteiger partial charge in [-0.2, -0.15) is 0 Å². The first kappa shape index (κ1) is 11.7. The maximum atomic E-state index is 5.97. The third-order valence-corrected chi connectivity index (χ3v) is 2.79. The van der Waals surface area contributed by atoms with Crippen LogP contribution in [0.4, 0.5) is 0 Å². The predicted molar refractivity (Wildman–Crippen MR) is 65.8 cm³/mol. The van der Waals surface area contributed by atoms with E-state index in [0.717, 1.165) is 17.9 Å². The minimum absolute atomic E-state index is 0.301. The van der Waals surface area contributed by atoms with Crippen molar-refractivity contribution < 1.29 is 0 Å². The summed E-state index contributed by atoms with van der Waals surface area (Å²) in [7, 11) is 0. The van der Waals surface area contributed by atoms with Crippen LogP contribution in [0.15, 0.2) is 18.2 Å². The molecule has 3 nitrogen and oxygen atoms in total. The normalized spacial score (nSPS) is 10.8. The highest BCUT2D eigenvalue weighted by atomic mass is 35.5. The van der Waals surface area contributed by atoms with Gasteiger partial charge in [0.1, 0.15) is 5.82 Å². The molecule has 84 valence electrons. The van der Waals surface area contributed by atoms with E-state index in [0.29, 0.717) is 15.3 Å². The molecule has 0 atom stereocenters. The van der Waals surface area contributed by atoms with Crippen LogP contribution in [0.2, 0.25) is 15.3 Å². The molecule has 0 aliphatic rings. The van der Waals surface area contributed by atoms with Crippen molar-refractivity contribution in [3.05, 3.63) is 39.4 Å². The molecule has 2 aromatic rings. The SMILES string of the molecule is CCc1nnc(Cl)n1-c1cc(Cl)cc(Cl)c1. The standard InChI is InChI=1S/C10H8Cl3N3/c1-2-9-14-15-10(13)16(9)8-4-6(11)3-7(12)5-8/h3-5H,2H2,1H3. The van der Waals surface area contributed by atoms with E-state index < -0.39 is 0 Å². The summed E-state index contributed by atoms with van der Waals surface area (Å²) in [6, 6.07) is 5.19. The van der Waals surface area contributed by atoms with E-state index in [-0.39, 0.29) is 0 Å². The fraction of sp³-hybridized carbons (Fsp3) is 0.200. The molecule has 0 saturated heterocycles. The predicted octanol–water partition coefficient (Wildman–Crippen LogP) is 3.79. The lowest BCUT2D eigenvalue weighted by Crippen LogP contribution is -2.00. The number of benzene rings is 1. The number of hydrogen-bond donors (Lipinski definition) is 0. The summed E-state index contributed by atoms with van der Waals surface area (Å²) in [6.07, 6.45) is 0.726. The van der Waals surface area contributed by atoms with E-state index in [4.69, 9.17) is 34.8 Å². The largest absolute Gasteiger partial charge is 0.270 e. The van der Waals surface area contributed by atoms with E-state index in [1.807, 2.05) is 6.92 Å². The number of nitrogens with zero attached hydrogens (tertiary/aromatic N) is 3. The van der Waals surface area contributed by atoms with Crippen LogP contribution in [0, 0.1) is 0 Å². The lowest BCUT2D eigenvalue weighted by atomic mass is 10.3. The van der Waals surface area contributed by atoms with E-state index in [1.54, 1.807) is 22.8 Å². The zero-order valence-electron chi connectivity index (χ0n) is 8.41. The van der Waals surface area contributed by atoms with Crippen LogP contribution < -0.4 is 0 Å². The van der Waals surface area contributed by atoms with Crippen molar-refractivity contribution in [2.45, 2.75) is 13.3 Å². The monoisotopic (exact) mass is 275 g/mol. The van der Waals surface area contributed by atoms with Crippen LogP contribution >= 0.6 is 34.8 Å². The molecule has 1 heterocycles. The Hall–Kier alpha value is -0.770. The average molecular weight is 277 g/mol. The highest BCUT2D eigenvalue weighted by Crippen LogP contribution is 2.24. The highest BCUT2D eigenvalue weighted by molar-refractivity contribution is 6.35. The lowest BCUT2D eigenvalue weighted by Gasteiger charge is -2.07. The van der Waals surface area contributed by atoms with E-state index in [2.05, 4.69) is 10.2 Å². The van der Waals surface area contributed by atoms with Crippen LogP contribution in [-0.4, -0.2) is 14.8 Å². The second-order valence-electron chi connectivity index (χ2n) is 3.20. The Kier molecular flexibility index (Phi) is 3.38. The summed E-state index contributed by atoms with van der Waals surface area (Å²) in [5, 5.41) is 9.18. The van der Waals surface area contributed by atoms with Gasteiger partial charge in [0.05, 0.1) is 5.69 Å². The molecule has 0 saturated carbocycles. The fourth-order valence-corrected chi connectivity index (χ4v) is 2.20. The number of aryl methyl sites for hydroxylation is 1.